The first-order chi connectivity index (χ1) is 16.0. The lowest BCUT2D eigenvalue weighted by Crippen LogP contribution is -2.58. The summed E-state index contributed by atoms with van der Waals surface area (Å²) in [5.74, 6) is 1.03. The first-order valence-electron chi connectivity index (χ1n) is 12.7. The summed E-state index contributed by atoms with van der Waals surface area (Å²) in [6, 6.07) is 5.34. The normalized spacial score (nSPS) is 37.2. The molecule has 0 radical (unpaired) electrons. The zero-order valence-electron chi connectivity index (χ0n) is 20.7. The van der Waals surface area contributed by atoms with Crippen LogP contribution in [0.4, 0.5) is 0 Å². The Balaban J connectivity index is 1.40. The molecule has 0 aromatic heterocycles. The molecule has 4 aliphatic rings. The molecule has 1 heterocycles. The molecule has 5 rings (SSSR count). The van der Waals surface area contributed by atoms with E-state index in [1.807, 2.05) is 18.0 Å². The minimum Gasteiger partial charge on any atom is -0.351 e. The second-order valence-electron chi connectivity index (χ2n) is 11.8. The highest BCUT2D eigenvalue weighted by Gasteiger charge is 2.59. The Morgan fingerprint density at radius 2 is 1.91 bits per heavy atom. The summed E-state index contributed by atoms with van der Waals surface area (Å²) in [7, 11) is 1.88. The summed E-state index contributed by atoms with van der Waals surface area (Å²) >= 11 is 12.1. The van der Waals surface area contributed by atoms with E-state index in [0.29, 0.717) is 40.3 Å². The van der Waals surface area contributed by atoms with E-state index in [4.69, 9.17) is 23.2 Å². The van der Waals surface area contributed by atoms with Crippen LogP contribution < -0.4 is 5.32 Å². The van der Waals surface area contributed by atoms with Crippen molar-refractivity contribution in [2.24, 2.45) is 34.5 Å². The SMILES string of the molecule is CC1=C2N(C)C(=O)C(C(=O)NCc3ccc(Cl)c(Cl)c3)C[C@]2(C)[C@@H]2CC[C@]3(C)CCC[C@H]3[C@@H]2C1. The molecule has 184 valence electrons. The minimum absolute atomic E-state index is 0.0848. The number of carbonyl (C=O) groups is 2. The Labute approximate surface area is 213 Å². The van der Waals surface area contributed by atoms with Crippen LogP contribution in [-0.4, -0.2) is 23.8 Å². The Kier molecular flexibility index (Phi) is 6.08. The molecule has 6 heteroatoms. The van der Waals surface area contributed by atoms with Gasteiger partial charge in [0.25, 0.3) is 0 Å². The van der Waals surface area contributed by atoms with Gasteiger partial charge in [-0.1, -0.05) is 55.1 Å². The van der Waals surface area contributed by atoms with Crippen molar-refractivity contribution >= 4 is 35.0 Å². The van der Waals surface area contributed by atoms with Crippen LogP contribution in [0.5, 0.6) is 0 Å². The standard InChI is InChI=1S/C28H36Cl2N2O2/c1-16-12-18-20-6-5-10-27(20,2)11-9-21(18)28(3)14-19(26(34)32(4)24(16)28)25(33)31-15-17-7-8-22(29)23(30)13-17/h7-8,13,18-21H,5-6,9-12,14-15H2,1-4H3,(H,31,33)/t18-,19?,20-,21+,27-,28+/m0/s1. The predicted molar refractivity (Wildman–Crippen MR) is 136 cm³/mol. The lowest BCUT2D eigenvalue weighted by molar-refractivity contribution is -0.149. The van der Waals surface area contributed by atoms with Crippen LogP contribution in [0, 0.1) is 34.5 Å². The van der Waals surface area contributed by atoms with Crippen LogP contribution in [0.2, 0.25) is 10.0 Å². The lowest BCUT2D eigenvalue weighted by Gasteiger charge is -2.59. The number of carbonyl (C=O) groups excluding carboxylic acids is 2. The molecule has 1 aromatic rings. The van der Waals surface area contributed by atoms with E-state index < -0.39 is 5.92 Å². The first-order valence-corrected chi connectivity index (χ1v) is 13.5. The smallest absolute Gasteiger partial charge is 0.239 e. The molecule has 2 saturated carbocycles. The van der Waals surface area contributed by atoms with Gasteiger partial charge in [-0.15, -0.1) is 0 Å². The van der Waals surface area contributed by atoms with Gasteiger partial charge in [0.05, 0.1) is 10.0 Å². The number of amides is 2. The van der Waals surface area contributed by atoms with Gasteiger partial charge in [0.2, 0.25) is 11.8 Å². The van der Waals surface area contributed by atoms with E-state index in [9.17, 15) is 9.59 Å². The molecule has 2 amide bonds. The van der Waals surface area contributed by atoms with Crippen molar-refractivity contribution in [1.29, 1.82) is 0 Å². The molecule has 34 heavy (non-hydrogen) atoms. The molecule has 0 bridgehead atoms. The van der Waals surface area contributed by atoms with Gasteiger partial charge >= 0.3 is 0 Å². The van der Waals surface area contributed by atoms with Crippen LogP contribution in [0.3, 0.4) is 0 Å². The highest BCUT2D eigenvalue weighted by molar-refractivity contribution is 6.42. The van der Waals surface area contributed by atoms with E-state index in [-0.39, 0.29) is 17.2 Å². The fraction of sp³-hybridized carbons (Fsp3) is 0.643. The Bertz CT molecular complexity index is 1070. The van der Waals surface area contributed by atoms with E-state index in [0.717, 1.165) is 17.9 Å². The summed E-state index contributed by atoms with van der Waals surface area (Å²) in [4.78, 5) is 28.6. The quantitative estimate of drug-likeness (QED) is 0.472. The number of likely N-dealkylation sites (tertiary alicyclic amines) is 1. The van der Waals surface area contributed by atoms with Crippen molar-refractivity contribution in [3.63, 3.8) is 0 Å². The van der Waals surface area contributed by atoms with Gasteiger partial charge in [-0.25, -0.2) is 0 Å². The van der Waals surface area contributed by atoms with Gasteiger partial charge < -0.3 is 10.2 Å². The zero-order valence-corrected chi connectivity index (χ0v) is 22.2. The minimum atomic E-state index is -0.662. The molecular formula is C28H36Cl2N2O2. The first kappa shape index (κ1) is 24.2. The number of piperidine rings is 1. The number of halogens is 2. The second-order valence-corrected chi connectivity index (χ2v) is 12.6. The number of rotatable bonds is 3. The number of hydrogen-bond acceptors (Lipinski definition) is 2. The number of nitrogens with one attached hydrogen (secondary N) is 1. The van der Waals surface area contributed by atoms with Gasteiger partial charge in [0.15, 0.2) is 0 Å². The van der Waals surface area contributed by atoms with Crippen molar-refractivity contribution in [2.75, 3.05) is 7.05 Å². The fourth-order valence-corrected chi connectivity index (χ4v) is 8.73. The van der Waals surface area contributed by atoms with E-state index in [2.05, 4.69) is 26.1 Å². The van der Waals surface area contributed by atoms with Crippen molar-refractivity contribution in [1.82, 2.24) is 10.2 Å². The topological polar surface area (TPSA) is 49.4 Å². The molecule has 1 aromatic carbocycles. The van der Waals surface area contributed by atoms with Crippen LogP contribution in [0.1, 0.15) is 71.3 Å². The van der Waals surface area contributed by atoms with Crippen LogP contribution in [0.15, 0.2) is 29.5 Å². The molecule has 1 N–H and O–H groups in total. The van der Waals surface area contributed by atoms with E-state index in [1.54, 1.807) is 12.1 Å². The number of nitrogens with zero attached hydrogens (tertiary/aromatic N) is 1. The maximum absolute atomic E-state index is 13.4. The Morgan fingerprint density at radius 1 is 1.15 bits per heavy atom. The fourth-order valence-electron chi connectivity index (χ4n) is 8.41. The van der Waals surface area contributed by atoms with Gasteiger partial charge in [0.1, 0.15) is 5.92 Å². The van der Waals surface area contributed by atoms with Crippen LogP contribution in [0.25, 0.3) is 0 Å². The maximum atomic E-state index is 13.4. The molecule has 1 saturated heterocycles. The number of allylic oxidation sites excluding steroid dienone is 2. The van der Waals surface area contributed by atoms with Gasteiger partial charge in [-0.2, -0.15) is 0 Å². The maximum Gasteiger partial charge on any atom is 0.239 e. The van der Waals surface area contributed by atoms with Gasteiger partial charge in [-0.3, -0.25) is 9.59 Å². The van der Waals surface area contributed by atoms with E-state index >= 15 is 0 Å². The molecule has 1 unspecified atom stereocenters. The van der Waals surface area contributed by atoms with Crippen LogP contribution in [-0.2, 0) is 16.1 Å². The third-order valence-corrected chi connectivity index (χ3v) is 10.6. The highest BCUT2D eigenvalue weighted by atomic mass is 35.5. The monoisotopic (exact) mass is 502 g/mol. The van der Waals surface area contributed by atoms with Crippen molar-refractivity contribution in [3.8, 4) is 0 Å². The van der Waals surface area contributed by atoms with E-state index in [1.165, 1.54) is 43.4 Å². The van der Waals surface area contributed by atoms with Gasteiger partial charge in [-0.05, 0) is 86.3 Å². The summed E-state index contributed by atoms with van der Waals surface area (Å²) in [6.07, 6.45) is 8.19. The summed E-state index contributed by atoms with van der Waals surface area (Å²) < 4.78 is 0. The molecular weight excluding hydrogens is 467 g/mol. The van der Waals surface area contributed by atoms with Crippen LogP contribution >= 0.6 is 23.2 Å². The predicted octanol–water partition coefficient (Wildman–Crippen LogP) is 6.60. The molecule has 0 spiro atoms. The average Bonchev–Trinajstić information content (AvgIpc) is 3.19. The largest absolute Gasteiger partial charge is 0.351 e. The van der Waals surface area contributed by atoms with Gasteiger partial charge in [0, 0.05) is 24.7 Å². The molecule has 4 nitrogen and oxygen atoms in total. The third kappa shape index (κ3) is 3.71. The average molecular weight is 504 g/mol. The van der Waals surface area contributed by atoms with Crippen molar-refractivity contribution in [3.05, 3.63) is 45.1 Å². The highest BCUT2D eigenvalue weighted by Crippen LogP contribution is 2.65. The summed E-state index contributed by atoms with van der Waals surface area (Å²) in [5, 5.41) is 3.95. The second kappa shape index (κ2) is 8.55. The molecule has 3 fully saturated rings. The number of hydrogen-bond donors (Lipinski definition) is 1. The summed E-state index contributed by atoms with van der Waals surface area (Å²) in [5.41, 5.74) is 3.74. The van der Waals surface area contributed by atoms with Crippen molar-refractivity contribution in [2.45, 2.75) is 72.3 Å². The molecule has 6 atom stereocenters. The zero-order chi connectivity index (χ0) is 24.4. The molecule has 3 aliphatic carbocycles. The third-order valence-electron chi connectivity index (χ3n) is 9.88. The Morgan fingerprint density at radius 3 is 2.65 bits per heavy atom. The Hall–Kier alpha value is -1.52. The number of fused-ring (bicyclic) bond motifs is 5. The number of benzene rings is 1. The lowest BCUT2D eigenvalue weighted by atomic mass is 9.48. The van der Waals surface area contributed by atoms with Crippen molar-refractivity contribution < 1.29 is 9.59 Å². The molecule has 1 aliphatic heterocycles. The summed E-state index contributed by atoms with van der Waals surface area (Å²) in [6.45, 7) is 7.39.